The molecule has 0 aliphatic carbocycles. The Morgan fingerprint density at radius 2 is 2.54 bits per heavy atom. The molecule has 0 radical (unpaired) electrons. The third kappa shape index (κ3) is 2.31. The molecule has 0 atom stereocenters. The summed E-state index contributed by atoms with van der Waals surface area (Å²) < 4.78 is 17.5. The van der Waals surface area contributed by atoms with Crippen LogP contribution in [0.15, 0.2) is 17.4 Å². The van der Waals surface area contributed by atoms with Crippen LogP contribution in [-0.4, -0.2) is 12.1 Å². The molecule has 0 amide bonds. The monoisotopic (exact) mass is 182 g/mol. The number of aromatic nitrogens is 1. The summed E-state index contributed by atoms with van der Waals surface area (Å²) in [6.07, 6.45) is 1.04. The number of azide groups is 1. The van der Waals surface area contributed by atoms with E-state index >= 15 is 0 Å². The Balaban J connectivity index is 3.00. The van der Waals surface area contributed by atoms with E-state index in [2.05, 4.69) is 15.0 Å². The second-order valence-corrected chi connectivity index (χ2v) is 2.21. The fraction of sp³-hybridized carbons (Fsp3) is 0.286. The van der Waals surface area contributed by atoms with E-state index in [1.165, 1.54) is 13.2 Å². The number of methoxy groups -OCH3 is 1. The first-order valence-corrected chi connectivity index (χ1v) is 3.47. The molecular formula is C7H7FN4O. The summed E-state index contributed by atoms with van der Waals surface area (Å²) in [7, 11) is 1.42. The van der Waals surface area contributed by atoms with Crippen LogP contribution in [0.25, 0.3) is 10.4 Å². The summed E-state index contributed by atoms with van der Waals surface area (Å²) in [5.41, 5.74) is 8.49. The Morgan fingerprint density at radius 1 is 1.77 bits per heavy atom. The minimum absolute atomic E-state index is 0.0322. The number of nitrogens with zero attached hydrogens (tertiary/aromatic N) is 4. The maximum atomic E-state index is 12.7. The second kappa shape index (κ2) is 4.27. The number of hydrogen-bond donors (Lipinski definition) is 0. The molecule has 0 spiro atoms. The highest BCUT2D eigenvalue weighted by molar-refractivity contribution is 5.25. The highest BCUT2D eigenvalue weighted by Crippen LogP contribution is 2.16. The molecule has 6 heteroatoms. The van der Waals surface area contributed by atoms with Gasteiger partial charge >= 0.3 is 0 Å². The van der Waals surface area contributed by atoms with Gasteiger partial charge in [0.1, 0.15) is 5.82 Å². The van der Waals surface area contributed by atoms with Crippen LogP contribution in [0.2, 0.25) is 0 Å². The van der Waals surface area contributed by atoms with E-state index in [4.69, 9.17) is 10.3 Å². The summed E-state index contributed by atoms with van der Waals surface area (Å²) in [5.74, 6) is -0.210. The molecule has 1 rings (SSSR count). The SMILES string of the molecule is COc1ncc(F)cc1CN=[N+]=[N-]. The van der Waals surface area contributed by atoms with E-state index in [-0.39, 0.29) is 12.4 Å². The lowest BCUT2D eigenvalue weighted by Gasteiger charge is -2.03. The van der Waals surface area contributed by atoms with Crippen molar-refractivity contribution in [1.82, 2.24) is 4.98 Å². The maximum absolute atomic E-state index is 12.7. The first-order chi connectivity index (χ1) is 6.27. The van der Waals surface area contributed by atoms with Crippen molar-refractivity contribution in [3.8, 4) is 5.88 Å². The van der Waals surface area contributed by atoms with Crippen LogP contribution < -0.4 is 4.74 Å². The second-order valence-electron chi connectivity index (χ2n) is 2.21. The van der Waals surface area contributed by atoms with Crippen molar-refractivity contribution in [1.29, 1.82) is 0 Å². The van der Waals surface area contributed by atoms with E-state index in [0.29, 0.717) is 5.56 Å². The third-order valence-electron chi connectivity index (χ3n) is 1.39. The fourth-order valence-electron chi connectivity index (χ4n) is 0.874. The smallest absolute Gasteiger partial charge is 0.216 e. The Hall–Kier alpha value is -1.81. The van der Waals surface area contributed by atoms with Gasteiger partial charge in [-0.15, -0.1) is 0 Å². The van der Waals surface area contributed by atoms with Crippen LogP contribution in [-0.2, 0) is 6.54 Å². The molecule has 13 heavy (non-hydrogen) atoms. The molecule has 0 saturated carbocycles. The van der Waals surface area contributed by atoms with Gasteiger partial charge in [-0.05, 0) is 11.6 Å². The zero-order valence-electron chi connectivity index (χ0n) is 6.94. The van der Waals surface area contributed by atoms with Gasteiger partial charge in [-0.25, -0.2) is 9.37 Å². The van der Waals surface area contributed by atoms with Crippen molar-refractivity contribution in [2.75, 3.05) is 7.11 Å². The molecule has 0 fully saturated rings. The van der Waals surface area contributed by atoms with Gasteiger partial charge in [0.15, 0.2) is 0 Å². The van der Waals surface area contributed by atoms with E-state index in [1.54, 1.807) is 0 Å². The quantitative estimate of drug-likeness (QED) is 0.407. The van der Waals surface area contributed by atoms with Crippen LogP contribution in [0, 0.1) is 5.82 Å². The molecule has 0 unspecified atom stereocenters. The van der Waals surface area contributed by atoms with Crippen molar-refractivity contribution < 1.29 is 9.13 Å². The number of hydrogen-bond acceptors (Lipinski definition) is 3. The van der Waals surface area contributed by atoms with Crippen molar-refractivity contribution in [2.24, 2.45) is 5.11 Å². The highest BCUT2D eigenvalue weighted by atomic mass is 19.1. The lowest BCUT2D eigenvalue weighted by atomic mass is 10.3. The van der Waals surface area contributed by atoms with Crippen molar-refractivity contribution in [3.63, 3.8) is 0 Å². The molecule has 5 nitrogen and oxygen atoms in total. The number of pyridine rings is 1. The van der Waals surface area contributed by atoms with Gasteiger partial charge < -0.3 is 4.74 Å². The summed E-state index contributed by atoms with van der Waals surface area (Å²) in [4.78, 5) is 6.22. The van der Waals surface area contributed by atoms with Crippen molar-refractivity contribution >= 4 is 0 Å². The van der Waals surface area contributed by atoms with Crippen LogP contribution in [0.1, 0.15) is 5.56 Å². The zero-order chi connectivity index (χ0) is 9.68. The Morgan fingerprint density at radius 3 is 3.15 bits per heavy atom. The maximum Gasteiger partial charge on any atom is 0.216 e. The molecule has 1 heterocycles. The lowest BCUT2D eigenvalue weighted by molar-refractivity contribution is 0.390. The summed E-state index contributed by atoms with van der Waals surface area (Å²) >= 11 is 0. The first-order valence-electron chi connectivity index (χ1n) is 3.47. The minimum atomic E-state index is -0.482. The van der Waals surface area contributed by atoms with Crippen LogP contribution in [0.5, 0.6) is 5.88 Å². The molecule has 1 aromatic rings. The average molecular weight is 182 g/mol. The number of ether oxygens (including phenoxy) is 1. The third-order valence-corrected chi connectivity index (χ3v) is 1.39. The standard InChI is InChI=1S/C7H7FN4O/c1-13-7-5(3-11-12-9)2-6(8)4-10-7/h2,4H,3H2,1H3. The van der Waals surface area contributed by atoms with Gasteiger partial charge in [-0.3, -0.25) is 0 Å². The number of halogens is 1. The van der Waals surface area contributed by atoms with Crippen LogP contribution >= 0.6 is 0 Å². The summed E-state index contributed by atoms with van der Waals surface area (Å²) in [6, 6.07) is 1.22. The topological polar surface area (TPSA) is 70.9 Å². The molecule has 68 valence electrons. The van der Waals surface area contributed by atoms with Gasteiger partial charge in [-0.2, -0.15) is 0 Å². The summed E-state index contributed by atoms with van der Waals surface area (Å²) in [5, 5.41) is 3.29. The predicted molar refractivity (Wildman–Crippen MR) is 43.6 cm³/mol. The largest absolute Gasteiger partial charge is 0.481 e. The van der Waals surface area contributed by atoms with Crippen LogP contribution in [0.3, 0.4) is 0 Å². The van der Waals surface area contributed by atoms with Crippen molar-refractivity contribution in [3.05, 3.63) is 34.1 Å². The lowest BCUT2D eigenvalue weighted by Crippen LogP contribution is -1.94. The predicted octanol–water partition coefficient (Wildman–Crippen LogP) is 2.04. The summed E-state index contributed by atoms with van der Waals surface area (Å²) in [6.45, 7) is 0.0322. The zero-order valence-corrected chi connectivity index (χ0v) is 6.94. The van der Waals surface area contributed by atoms with E-state index in [9.17, 15) is 4.39 Å². The molecule has 0 aliphatic heterocycles. The molecule has 0 saturated heterocycles. The van der Waals surface area contributed by atoms with E-state index in [0.717, 1.165) is 6.20 Å². The van der Waals surface area contributed by atoms with E-state index in [1.807, 2.05) is 0 Å². The number of rotatable bonds is 3. The molecule has 1 aromatic heterocycles. The van der Waals surface area contributed by atoms with Crippen molar-refractivity contribution in [2.45, 2.75) is 6.54 Å². The molecular weight excluding hydrogens is 175 g/mol. The van der Waals surface area contributed by atoms with Gasteiger partial charge in [-0.1, -0.05) is 5.11 Å². The van der Waals surface area contributed by atoms with Gasteiger partial charge in [0.25, 0.3) is 0 Å². The normalized spacial score (nSPS) is 9.08. The Bertz CT molecular complexity index is 348. The minimum Gasteiger partial charge on any atom is -0.481 e. The first kappa shape index (κ1) is 9.28. The average Bonchev–Trinajstić information content (AvgIpc) is 2.15. The van der Waals surface area contributed by atoms with Crippen LogP contribution in [0.4, 0.5) is 4.39 Å². The van der Waals surface area contributed by atoms with Gasteiger partial charge in [0, 0.05) is 10.5 Å². The molecule has 0 N–H and O–H groups in total. The molecule has 0 aliphatic rings. The highest BCUT2D eigenvalue weighted by Gasteiger charge is 2.04. The molecule has 0 aromatic carbocycles. The van der Waals surface area contributed by atoms with Gasteiger partial charge in [0.05, 0.1) is 19.9 Å². The molecule has 0 bridgehead atoms. The Labute approximate surface area is 73.8 Å². The van der Waals surface area contributed by atoms with E-state index < -0.39 is 5.82 Å². The fourth-order valence-corrected chi connectivity index (χ4v) is 0.874. The Kier molecular flexibility index (Phi) is 3.05. The van der Waals surface area contributed by atoms with Gasteiger partial charge in [0.2, 0.25) is 5.88 Å².